The molecule has 5 heterocycles. The van der Waals surface area contributed by atoms with E-state index in [4.69, 9.17) is 11.5 Å². The maximum absolute atomic E-state index is 13.7. The first kappa shape index (κ1) is 27.0. The number of fused-ring (bicyclic) bond motifs is 2. The van der Waals surface area contributed by atoms with Crippen molar-refractivity contribution >= 4 is 57.2 Å². The topological polar surface area (TPSA) is 188 Å². The van der Waals surface area contributed by atoms with Crippen LogP contribution in [0.4, 0.5) is 4.79 Å². The first-order valence-electron chi connectivity index (χ1n) is 12.1. The summed E-state index contributed by atoms with van der Waals surface area (Å²) in [6.45, 7) is 5.33. The number of carboxylic acids is 1. The monoisotopic (exact) mass is 570 g/mol. The molecule has 2 aliphatic heterocycles. The number of aliphatic hydroxyl groups is 1. The average Bonchev–Trinajstić information content (AvgIpc) is 3.52. The van der Waals surface area contributed by atoms with Crippen molar-refractivity contribution in [1.82, 2.24) is 14.3 Å². The summed E-state index contributed by atoms with van der Waals surface area (Å²) in [7, 11) is 0. The molecule has 0 saturated carbocycles. The summed E-state index contributed by atoms with van der Waals surface area (Å²) >= 11 is 2.54. The zero-order valence-electron chi connectivity index (χ0n) is 21.3. The van der Waals surface area contributed by atoms with Crippen LogP contribution in [0, 0.1) is 18.8 Å². The number of β-lactam (4-membered cyclic amide) rings is 1. The summed E-state index contributed by atoms with van der Waals surface area (Å²) in [6.07, 6.45) is 3.74. The Labute approximate surface area is 230 Å². The number of amides is 2. The molecule has 4 atom stereocenters. The van der Waals surface area contributed by atoms with Gasteiger partial charge in [0.05, 0.1) is 40.2 Å². The third-order valence-corrected chi connectivity index (χ3v) is 9.36. The van der Waals surface area contributed by atoms with Crippen LogP contribution in [0.5, 0.6) is 0 Å². The van der Waals surface area contributed by atoms with E-state index >= 15 is 0 Å². The van der Waals surface area contributed by atoms with Crippen LogP contribution in [0.3, 0.4) is 0 Å². The lowest BCUT2D eigenvalue weighted by Gasteiger charge is -2.47. The van der Waals surface area contributed by atoms with Gasteiger partial charge in [0.15, 0.2) is 0 Å². The minimum atomic E-state index is -1.48. The second-order valence-electron chi connectivity index (χ2n) is 9.55. The molecule has 0 aliphatic carbocycles. The summed E-state index contributed by atoms with van der Waals surface area (Å²) in [6, 6.07) is 0.429. The van der Waals surface area contributed by atoms with E-state index in [1.807, 2.05) is 0 Å². The number of primary amides is 1. The van der Waals surface area contributed by atoms with Gasteiger partial charge in [-0.25, -0.2) is 4.98 Å². The molecule has 0 unspecified atom stereocenters. The number of carbonyl (C=O) groups is 4. The smallest absolute Gasteiger partial charge is 0.493 e. The zero-order valence-corrected chi connectivity index (χ0v) is 22.9. The number of aliphatic carboxylic acids is 1. The Kier molecular flexibility index (Phi) is 6.83. The molecule has 3 aromatic heterocycles. The molecule has 0 bridgehead atoms. The van der Waals surface area contributed by atoms with Gasteiger partial charge in [-0.1, -0.05) is 6.92 Å². The van der Waals surface area contributed by atoms with Crippen molar-refractivity contribution in [3.8, 4) is 0 Å². The van der Waals surface area contributed by atoms with Crippen LogP contribution in [0.25, 0.3) is 10.4 Å². The van der Waals surface area contributed by atoms with E-state index in [2.05, 4.69) is 4.98 Å². The predicted octanol–water partition coefficient (Wildman–Crippen LogP) is -0.481. The SMILES string of the molecule is Cc1c(C(=O)c2ncn3cc(C4=C(C(=O)[O-])N5C(=O)[C@H]([C@@H](C)O)[C@H]5[C@H]4C)sc23)cc(SCCN)c[n+]1C(N)=O. The normalized spacial score (nSPS) is 21.3. The van der Waals surface area contributed by atoms with Crippen LogP contribution in [-0.4, -0.2) is 67.5 Å². The number of carboxylic acid groups (broad SMARTS) is 1. The zero-order chi connectivity index (χ0) is 28.3. The van der Waals surface area contributed by atoms with Crippen LogP contribution in [0.1, 0.15) is 40.5 Å². The highest BCUT2D eigenvalue weighted by atomic mass is 32.2. The number of hydrogen-bond acceptors (Lipinski definition) is 10. The quantitative estimate of drug-likeness (QED) is 0.139. The molecule has 2 amide bonds. The Morgan fingerprint density at radius 3 is 2.69 bits per heavy atom. The van der Waals surface area contributed by atoms with Gasteiger partial charge < -0.3 is 25.6 Å². The summed E-state index contributed by atoms with van der Waals surface area (Å²) in [5.41, 5.74) is 12.0. The number of carbonyl (C=O) groups excluding carboxylic acids is 4. The van der Waals surface area contributed by atoms with Crippen LogP contribution >= 0.6 is 23.1 Å². The molecule has 0 aromatic carbocycles. The van der Waals surface area contributed by atoms with E-state index in [0.29, 0.717) is 38.2 Å². The van der Waals surface area contributed by atoms with Gasteiger partial charge in [0.2, 0.25) is 11.7 Å². The van der Waals surface area contributed by atoms with Gasteiger partial charge in [-0.15, -0.1) is 23.1 Å². The third-order valence-electron chi connectivity index (χ3n) is 7.22. The van der Waals surface area contributed by atoms with E-state index in [1.54, 1.807) is 36.7 Å². The van der Waals surface area contributed by atoms with Gasteiger partial charge in [0.1, 0.15) is 28.7 Å². The fourth-order valence-electron chi connectivity index (χ4n) is 5.44. The number of pyridine rings is 1. The van der Waals surface area contributed by atoms with Crippen LogP contribution < -0.4 is 21.1 Å². The molecule has 2 aliphatic rings. The predicted molar refractivity (Wildman–Crippen MR) is 140 cm³/mol. The number of imidazole rings is 1. The molecule has 1 fully saturated rings. The van der Waals surface area contributed by atoms with Gasteiger partial charge >= 0.3 is 6.03 Å². The van der Waals surface area contributed by atoms with Crippen molar-refractivity contribution in [1.29, 1.82) is 0 Å². The number of ketones is 1. The number of aliphatic hydroxyl groups excluding tert-OH is 1. The third kappa shape index (κ3) is 4.14. The molecule has 204 valence electrons. The molecule has 39 heavy (non-hydrogen) atoms. The summed E-state index contributed by atoms with van der Waals surface area (Å²) in [4.78, 5) is 57.7. The summed E-state index contributed by atoms with van der Waals surface area (Å²) in [5, 5.41) is 22.2. The van der Waals surface area contributed by atoms with Crippen molar-refractivity contribution < 1.29 is 34.0 Å². The maximum atomic E-state index is 13.7. The van der Waals surface area contributed by atoms with E-state index in [9.17, 15) is 29.4 Å². The van der Waals surface area contributed by atoms with E-state index in [0.717, 1.165) is 11.3 Å². The first-order valence-corrected chi connectivity index (χ1v) is 13.9. The van der Waals surface area contributed by atoms with Crippen molar-refractivity contribution in [2.75, 3.05) is 12.3 Å². The summed E-state index contributed by atoms with van der Waals surface area (Å²) < 4.78 is 2.82. The van der Waals surface area contributed by atoms with E-state index in [1.165, 1.54) is 34.5 Å². The van der Waals surface area contributed by atoms with Gasteiger partial charge in [-0.2, -0.15) is 9.36 Å². The Balaban J connectivity index is 1.58. The standard InChI is InChI=1S/C25H26N6O6S2/c1-10-16(20(24(35)36)31-19(10)17(12(3)32)22(31)34)15-8-29-9-28-18(23(29)39-15)21(33)14-6-13(38-5-4-26)7-30(11(14)2)25(27)37/h6-10,12,17,19,32H,4-5,26H2,1-3H3,(H2-,27,35,36,37)/t10-,12+,17+,19+/m0/s1. The van der Waals surface area contributed by atoms with E-state index < -0.39 is 47.7 Å². The lowest BCUT2D eigenvalue weighted by Crippen LogP contribution is -2.64. The lowest BCUT2D eigenvalue weighted by molar-refractivity contribution is -0.579. The molecule has 12 nitrogen and oxygen atoms in total. The average molecular weight is 571 g/mol. The lowest BCUT2D eigenvalue weighted by atomic mass is 9.77. The highest BCUT2D eigenvalue weighted by molar-refractivity contribution is 7.99. The second-order valence-corrected chi connectivity index (χ2v) is 11.8. The van der Waals surface area contributed by atoms with E-state index in [-0.39, 0.29) is 17.0 Å². The molecular formula is C25H26N6O6S2. The number of thioether (sulfide) groups is 1. The molecule has 0 radical (unpaired) electrons. The van der Waals surface area contributed by atoms with Crippen molar-refractivity contribution in [2.24, 2.45) is 23.3 Å². The fourth-order valence-corrected chi connectivity index (χ4v) is 7.39. The minimum Gasteiger partial charge on any atom is -0.543 e. The number of nitrogens with two attached hydrogens (primary N) is 2. The molecule has 14 heteroatoms. The number of aromatic nitrogens is 3. The highest BCUT2D eigenvalue weighted by Gasteiger charge is 2.59. The highest BCUT2D eigenvalue weighted by Crippen LogP contribution is 2.51. The first-order chi connectivity index (χ1) is 18.5. The van der Waals surface area contributed by atoms with Gasteiger partial charge in [-0.05, 0) is 19.9 Å². The van der Waals surface area contributed by atoms with Crippen molar-refractivity contribution in [2.45, 2.75) is 37.8 Å². The number of rotatable bonds is 8. The maximum Gasteiger partial charge on any atom is 0.493 e. The van der Waals surface area contributed by atoms with Crippen molar-refractivity contribution in [3.05, 3.63) is 52.3 Å². The van der Waals surface area contributed by atoms with Gasteiger partial charge in [0.25, 0.3) is 0 Å². The minimum absolute atomic E-state index is 0.119. The molecule has 5 N–H and O–H groups in total. The fraction of sp³-hybridized carbons (Fsp3) is 0.360. The van der Waals surface area contributed by atoms with Crippen LogP contribution in [-0.2, 0) is 9.59 Å². The largest absolute Gasteiger partial charge is 0.543 e. The molecular weight excluding hydrogens is 544 g/mol. The Morgan fingerprint density at radius 2 is 2.08 bits per heavy atom. The summed E-state index contributed by atoms with van der Waals surface area (Å²) in [5.74, 6) is -2.90. The molecule has 5 rings (SSSR count). The molecule has 0 spiro atoms. The Bertz CT molecular complexity index is 1590. The number of thiazole rings is 1. The van der Waals surface area contributed by atoms with Gasteiger partial charge in [-0.3, -0.25) is 19.7 Å². The number of hydrogen-bond donors (Lipinski definition) is 3. The number of nitrogens with zero attached hydrogens (tertiary/aromatic N) is 4. The van der Waals surface area contributed by atoms with Crippen LogP contribution in [0.15, 0.2) is 35.4 Å². The molecule has 3 aromatic rings. The van der Waals surface area contributed by atoms with Gasteiger partial charge in [0, 0.05) is 34.9 Å². The second kappa shape index (κ2) is 9.86. The Morgan fingerprint density at radius 1 is 1.36 bits per heavy atom. The van der Waals surface area contributed by atoms with Crippen molar-refractivity contribution in [3.63, 3.8) is 0 Å². The Hall–Kier alpha value is -3.59. The molecule has 1 saturated heterocycles. The van der Waals surface area contributed by atoms with Crippen LogP contribution in [0.2, 0.25) is 0 Å².